The van der Waals surface area contributed by atoms with Crippen LogP contribution in [0.3, 0.4) is 0 Å². The standard InChI is InChI=1S/C13H18N2O.ClH/c1-13(2,9-14)12(16)15-8-7-10-5-3-4-6-11(10)15;/h3-6H,7-9,14H2,1-2H3;1H. The van der Waals surface area contributed by atoms with Crippen LogP contribution in [0.5, 0.6) is 0 Å². The van der Waals surface area contributed by atoms with E-state index in [9.17, 15) is 4.79 Å². The molecule has 1 amide bonds. The summed E-state index contributed by atoms with van der Waals surface area (Å²) < 4.78 is 0. The fourth-order valence-electron chi connectivity index (χ4n) is 2.00. The second-order valence-electron chi connectivity index (χ2n) is 4.92. The van der Waals surface area contributed by atoms with Gasteiger partial charge in [0.2, 0.25) is 5.91 Å². The van der Waals surface area contributed by atoms with Gasteiger partial charge in [0.05, 0.1) is 5.41 Å². The van der Waals surface area contributed by atoms with Gasteiger partial charge in [0.15, 0.2) is 0 Å². The van der Waals surface area contributed by atoms with E-state index in [0.717, 1.165) is 18.7 Å². The van der Waals surface area contributed by atoms with Crippen molar-refractivity contribution in [3.8, 4) is 0 Å². The van der Waals surface area contributed by atoms with E-state index in [1.54, 1.807) is 0 Å². The number of nitrogens with two attached hydrogens (primary N) is 1. The van der Waals surface area contributed by atoms with Gasteiger partial charge in [-0.25, -0.2) is 0 Å². The molecule has 94 valence electrons. The van der Waals surface area contributed by atoms with Crippen LogP contribution in [0, 0.1) is 5.41 Å². The number of carbonyl (C=O) groups excluding carboxylic acids is 1. The van der Waals surface area contributed by atoms with Crippen LogP contribution < -0.4 is 10.6 Å². The minimum absolute atomic E-state index is 0. The molecule has 1 aromatic rings. The molecule has 0 radical (unpaired) electrons. The number of nitrogens with zero attached hydrogens (tertiary/aromatic N) is 1. The highest BCUT2D eigenvalue weighted by molar-refractivity contribution is 5.99. The molecule has 2 rings (SSSR count). The third-order valence-corrected chi connectivity index (χ3v) is 3.22. The maximum atomic E-state index is 12.3. The molecule has 0 aliphatic carbocycles. The molecule has 4 heteroatoms. The Morgan fingerprint density at radius 3 is 2.71 bits per heavy atom. The third kappa shape index (κ3) is 2.45. The Hall–Kier alpha value is -1.06. The van der Waals surface area contributed by atoms with Gasteiger partial charge in [0.1, 0.15) is 0 Å². The van der Waals surface area contributed by atoms with Crippen molar-refractivity contribution in [2.45, 2.75) is 20.3 Å². The molecule has 17 heavy (non-hydrogen) atoms. The summed E-state index contributed by atoms with van der Waals surface area (Å²) in [5, 5.41) is 0. The van der Waals surface area contributed by atoms with Crippen molar-refractivity contribution in [3.63, 3.8) is 0 Å². The Kier molecular flexibility index (Phi) is 4.17. The molecule has 0 fully saturated rings. The Bertz CT molecular complexity index is 418. The van der Waals surface area contributed by atoms with Gasteiger partial charge in [-0.05, 0) is 31.9 Å². The van der Waals surface area contributed by atoms with Crippen molar-refractivity contribution in [3.05, 3.63) is 29.8 Å². The van der Waals surface area contributed by atoms with Gasteiger partial charge >= 0.3 is 0 Å². The highest BCUT2D eigenvalue weighted by Crippen LogP contribution is 2.31. The molecule has 2 N–H and O–H groups in total. The van der Waals surface area contributed by atoms with E-state index < -0.39 is 5.41 Å². The molecule has 1 aromatic carbocycles. The predicted octanol–water partition coefficient (Wildman–Crippen LogP) is 1.98. The first kappa shape index (κ1) is 14.0. The summed E-state index contributed by atoms with van der Waals surface area (Å²) in [4.78, 5) is 14.2. The number of amides is 1. The molecule has 0 saturated carbocycles. The lowest BCUT2D eigenvalue weighted by molar-refractivity contribution is -0.126. The molecule has 1 heterocycles. The number of rotatable bonds is 2. The Morgan fingerprint density at radius 1 is 1.41 bits per heavy atom. The van der Waals surface area contributed by atoms with Crippen molar-refractivity contribution < 1.29 is 4.79 Å². The number of carbonyl (C=O) groups is 1. The first-order chi connectivity index (χ1) is 7.56. The fourth-order valence-corrected chi connectivity index (χ4v) is 2.00. The number of hydrogen-bond donors (Lipinski definition) is 1. The summed E-state index contributed by atoms with van der Waals surface area (Å²) in [6.07, 6.45) is 0.947. The monoisotopic (exact) mass is 254 g/mol. The molecule has 0 bridgehead atoms. The number of halogens is 1. The van der Waals surface area contributed by atoms with Gasteiger partial charge in [-0.1, -0.05) is 18.2 Å². The quantitative estimate of drug-likeness (QED) is 0.877. The maximum Gasteiger partial charge on any atom is 0.233 e. The first-order valence-corrected chi connectivity index (χ1v) is 5.66. The number of para-hydroxylation sites is 1. The lowest BCUT2D eigenvalue weighted by Gasteiger charge is -2.28. The highest BCUT2D eigenvalue weighted by Gasteiger charge is 2.34. The van der Waals surface area contributed by atoms with Crippen molar-refractivity contribution in [2.24, 2.45) is 11.1 Å². The van der Waals surface area contributed by atoms with Crippen LogP contribution in [0.25, 0.3) is 0 Å². The molecular formula is C13H19ClN2O. The van der Waals surface area contributed by atoms with E-state index in [1.165, 1.54) is 5.56 Å². The Morgan fingerprint density at radius 2 is 2.06 bits per heavy atom. The Labute approximate surface area is 108 Å². The van der Waals surface area contributed by atoms with Crippen molar-refractivity contribution in [1.82, 2.24) is 0 Å². The molecule has 0 atom stereocenters. The zero-order valence-corrected chi connectivity index (χ0v) is 11.1. The van der Waals surface area contributed by atoms with Gasteiger partial charge in [0, 0.05) is 18.8 Å². The maximum absolute atomic E-state index is 12.3. The van der Waals surface area contributed by atoms with E-state index in [0.29, 0.717) is 6.54 Å². The van der Waals surface area contributed by atoms with Crippen LogP contribution in [0.2, 0.25) is 0 Å². The predicted molar refractivity (Wildman–Crippen MR) is 72.6 cm³/mol. The number of anilines is 1. The average molecular weight is 255 g/mol. The molecule has 0 spiro atoms. The molecule has 0 aromatic heterocycles. The van der Waals surface area contributed by atoms with E-state index in [1.807, 2.05) is 36.9 Å². The van der Waals surface area contributed by atoms with Crippen LogP contribution in [0.4, 0.5) is 5.69 Å². The molecule has 0 unspecified atom stereocenters. The van der Waals surface area contributed by atoms with Gasteiger partial charge in [-0.3, -0.25) is 4.79 Å². The average Bonchev–Trinajstić information content (AvgIpc) is 2.71. The normalized spacial score (nSPS) is 14.2. The van der Waals surface area contributed by atoms with E-state index in [-0.39, 0.29) is 18.3 Å². The van der Waals surface area contributed by atoms with Crippen LogP contribution >= 0.6 is 12.4 Å². The minimum Gasteiger partial charge on any atom is -0.329 e. The van der Waals surface area contributed by atoms with Crippen molar-refractivity contribution >= 4 is 24.0 Å². The lowest BCUT2D eigenvalue weighted by Crippen LogP contribution is -2.44. The number of hydrogen-bond acceptors (Lipinski definition) is 2. The summed E-state index contributed by atoms with van der Waals surface area (Å²) in [7, 11) is 0. The number of benzene rings is 1. The Balaban J connectivity index is 0.00000144. The summed E-state index contributed by atoms with van der Waals surface area (Å²) in [6, 6.07) is 8.08. The zero-order chi connectivity index (χ0) is 11.8. The minimum atomic E-state index is -0.475. The van der Waals surface area contributed by atoms with Crippen molar-refractivity contribution in [2.75, 3.05) is 18.0 Å². The largest absolute Gasteiger partial charge is 0.329 e. The molecule has 1 aliphatic rings. The van der Waals surface area contributed by atoms with Crippen LogP contribution in [-0.2, 0) is 11.2 Å². The summed E-state index contributed by atoms with van der Waals surface area (Å²) in [6.45, 7) is 4.96. The van der Waals surface area contributed by atoms with Gasteiger partial charge in [0.25, 0.3) is 0 Å². The zero-order valence-electron chi connectivity index (χ0n) is 10.3. The highest BCUT2D eigenvalue weighted by atomic mass is 35.5. The fraction of sp³-hybridized carbons (Fsp3) is 0.462. The molecule has 1 aliphatic heterocycles. The lowest BCUT2D eigenvalue weighted by atomic mass is 9.92. The second-order valence-corrected chi connectivity index (χ2v) is 4.92. The molecular weight excluding hydrogens is 236 g/mol. The van der Waals surface area contributed by atoms with Gasteiger partial charge in [-0.15, -0.1) is 12.4 Å². The molecule has 0 saturated heterocycles. The van der Waals surface area contributed by atoms with E-state index in [2.05, 4.69) is 6.07 Å². The first-order valence-electron chi connectivity index (χ1n) is 5.66. The second kappa shape index (κ2) is 5.07. The number of fused-ring (bicyclic) bond motifs is 1. The summed E-state index contributed by atoms with van der Waals surface area (Å²) in [5.74, 6) is 0.125. The van der Waals surface area contributed by atoms with Gasteiger partial charge < -0.3 is 10.6 Å². The van der Waals surface area contributed by atoms with Gasteiger partial charge in [-0.2, -0.15) is 0 Å². The smallest absolute Gasteiger partial charge is 0.233 e. The SMILES string of the molecule is CC(C)(CN)C(=O)N1CCc2ccccc21.Cl. The van der Waals surface area contributed by atoms with Crippen LogP contribution in [0.1, 0.15) is 19.4 Å². The topological polar surface area (TPSA) is 46.3 Å². The summed E-state index contributed by atoms with van der Waals surface area (Å²) in [5.41, 5.74) is 7.48. The summed E-state index contributed by atoms with van der Waals surface area (Å²) >= 11 is 0. The van der Waals surface area contributed by atoms with E-state index >= 15 is 0 Å². The van der Waals surface area contributed by atoms with E-state index in [4.69, 9.17) is 5.73 Å². The molecule has 3 nitrogen and oxygen atoms in total. The third-order valence-electron chi connectivity index (χ3n) is 3.22. The van der Waals surface area contributed by atoms with Crippen molar-refractivity contribution in [1.29, 1.82) is 0 Å². The van der Waals surface area contributed by atoms with Crippen LogP contribution in [0.15, 0.2) is 24.3 Å². The van der Waals surface area contributed by atoms with Crippen LogP contribution in [-0.4, -0.2) is 19.0 Å².